The maximum absolute atomic E-state index is 14.2. The molecule has 0 aliphatic heterocycles. The SMILES string of the molecule is CNC(C)c1ccc(F)c(-c2cccc(OC3CC3)c2)c1. The van der Waals surface area contributed by atoms with Crippen molar-refractivity contribution in [2.45, 2.75) is 31.9 Å². The van der Waals surface area contributed by atoms with E-state index in [-0.39, 0.29) is 11.9 Å². The normalized spacial score (nSPS) is 15.8. The average Bonchev–Trinajstić information content (AvgIpc) is 3.31. The summed E-state index contributed by atoms with van der Waals surface area (Å²) in [4.78, 5) is 0. The van der Waals surface area contributed by atoms with Crippen LogP contribution in [0.5, 0.6) is 5.75 Å². The van der Waals surface area contributed by atoms with Gasteiger partial charge in [0.2, 0.25) is 0 Å². The van der Waals surface area contributed by atoms with Crippen LogP contribution >= 0.6 is 0 Å². The molecule has 1 N–H and O–H groups in total. The monoisotopic (exact) mass is 285 g/mol. The Balaban J connectivity index is 1.94. The highest BCUT2D eigenvalue weighted by Gasteiger charge is 2.23. The number of hydrogen-bond donors (Lipinski definition) is 1. The second kappa shape index (κ2) is 5.86. The van der Waals surface area contributed by atoms with Crippen molar-refractivity contribution >= 4 is 0 Å². The lowest BCUT2D eigenvalue weighted by molar-refractivity contribution is 0.303. The van der Waals surface area contributed by atoms with E-state index in [1.54, 1.807) is 0 Å². The smallest absolute Gasteiger partial charge is 0.131 e. The van der Waals surface area contributed by atoms with Gasteiger partial charge >= 0.3 is 0 Å². The van der Waals surface area contributed by atoms with E-state index in [9.17, 15) is 4.39 Å². The van der Waals surface area contributed by atoms with Gasteiger partial charge < -0.3 is 10.1 Å². The van der Waals surface area contributed by atoms with Crippen LogP contribution in [0.1, 0.15) is 31.4 Å². The minimum atomic E-state index is -0.203. The number of hydrogen-bond acceptors (Lipinski definition) is 2. The van der Waals surface area contributed by atoms with Gasteiger partial charge in [0.25, 0.3) is 0 Å². The summed E-state index contributed by atoms with van der Waals surface area (Å²) in [5.74, 6) is 0.618. The summed E-state index contributed by atoms with van der Waals surface area (Å²) in [6.45, 7) is 2.06. The number of halogens is 1. The summed E-state index contributed by atoms with van der Waals surface area (Å²) in [5.41, 5.74) is 2.55. The van der Waals surface area contributed by atoms with Crippen LogP contribution in [-0.2, 0) is 0 Å². The van der Waals surface area contributed by atoms with Crippen LogP contribution < -0.4 is 10.1 Å². The molecule has 110 valence electrons. The second-order valence-electron chi connectivity index (χ2n) is 5.59. The fraction of sp³-hybridized carbons (Fsp3) is 0.333. The van der Waals surface area contributed by atoms with Crippen LogP contribution in [0.3, 0.4) is 0 Å². The highest BCUT2D eigenvalue weighted by atomic mass is 19.1. The van der Waals surface area contributed by atoms with Gasteiger partial charge in [-0.25, -0.2) is 4.39 Å². The first kappa shape index (κ1) is 14.1. The fourth-order valence-corrected chi connectivity index (χ4v) is 2.32. The van der Waals surface area contributed by atoms with E-state index in [1.165, 1.54) is 6.07 Å². The van der Waals surface area contributed by atoms with Crippen LogP contribution in [0.2, 0.25) is 0 Å². The van der Waals surface area contributed by atoms with E-state index in [2.05, 4.69) is 12.2 Å². The summed E-state index contributed by atoms with van der Waals surface area (Å²) in [5, 5.41) is 3.18. The van der Waals surface area contributed by atoms with E-state index >= 15 is 0 Å². The van der Waals surface area contributed by atoms with Gasteiger partial charge in [-0.2, -0.15) is 0 Å². The molecular weight excluding hydrogens is 265 g/mol. The van der Waals surface area contributed by atoms with E-state index in [0.29, 0.717) is 11.7 Å². The van der Waals surface area contributed by atoms with Gasteiger partial charge in [-0.05, 0) is 62.2 Å². The number of benzene rings is 2. The topological polar surface area (TPSA) is 21.3 Å². The molecule has 1 aliphatic carbocycles. The summed E-state index contributed by atoms with van der Waals surface area (Å²) in [6, 6.07) is 13.1. The molecule has 1 saturated carbocycles. The zero-order valence-corrected chi connectivity index (χ0v) is 12.4. The standard InChI is InChI=1S/C18H20FNO/c1-12(20-2)13-6-9-18(19)17(11-13)14-4-3-5-16(10-14)21-15-7-8-15/h3-6,9-12,15,20H,7-8H2,1-2H3. The van der Waals surface area contributed by atoms with E-state index in [4.69, 9.17) is 4.74 Å². The molecule has 0 heterocycles. The Hall–Kier alpha value is -1.87. The van der Waals surface area contributed by atoms with Gasteiger partial charge in [0.15, 0.2) is 0 Å². The van der Waals surface area contributed by atoms with Crippen molar-refractivity contribution in [3.8, 4) is 16.9 Å². The zero-order valence-electron chi connectivity index (χ0n) is 12.4. The summed E-state index contributed by atoms with van der Waals surface area (Å²) >= 11 is 0. The lowest BCUT2D eigenvalue weighted by atomic mass is 9.99. The molecule has 3 heteroatoms. The highest BCUT2D eigenvalue weighted by Crippen LogP contribution is 2.31. The molecule has 1 aliphatic rings. The quantitative estimate of drug-likeness (QED) is 0.883. The first-order valence-electron chi connectivity index (χ1n) is 7.41. The Morgan fingerprint density at radius 1 is 1.19 bits per heavy atom. The Morgan fingerprint density at radius 2 is 2.00 bits per heavy atom. The van der Waals surface area contributed by atoms with Crippen LogP contribution in [-0.4, -0.2) is 13.2 Å². The second-order valence-corrected chi connectivity index (χ2v) is 5.59. The van der Waals surface area contributed by atoms with Gasteiger partial charge in [0, 0.05) is 11.6 Å². The third-order valence-electron chi connectivity index (χ3n) is 3.90. The van der Waals surface area contributed by atoms with Crippen molar-refractivity contribution in [1.82, 2.24) is 5.32 Å². The predicted octanol–water partition coefficient (Wildman–Crippen LogP) is 4.31. The van der Waals surface area contributed by atoms with E-state index in [1.807, 2.05) is 43.4 Å². The molecule has 1 atom stereocenters. The Bertz CT molecular complexity index is 637. The first-order valence-corrected chi connectivity index (χ1v) is 7.41. The molecule has 21 heavy (non-hydrogen) atoms. The average molecular weight is 285 g/mol. The Morgan fingerprint density at radius 3 is 2.71 bits per heavy atom. The predicted molar refractivity (Wildman–Crippen MR) is 83.0 cm³/mol. The molecule has 0 saturated heterocycles. The lowest BCUT2D eigenvalue weighted by Gasteiger charge is -2.13. The highest BCUT2D eigenvalue weighted by molar-refractivity contribution is 5.66. The fourth-order valence-electron chi connectivity index (χ4n) is 2.32. The molecule has 3 rings (SSSR count). The largest absolute Gasteiger partial charge is 0.490 e. The number of rotatable bonds is 5. The molecule has 2 aromatic rings. The van der Waals surface area contributed by atoms with Gasteiger partial charge in [-0.1, -0.05) is 18.2 Å². The molecule has 1 fully saturated rings. The number of nitrogens with one attached hydrogen (secondary N) is 1. The van der Waals surface area contributed by atoms with E-state index < -0.39 is 0 Å². The van der Waals surface area contributed by atoms with Crippen molar-refractivity contribution in [3.63, 3.8) is 0 Å². The van der Waals surface area contributed by atoms with Crippen LogP contribution in [0.4, 0.5) is 4.39 Å². The molecule has 2 nitrogen and oxygen atoms in total. The lowest BCUT2D eigenvalue weighted by Crippen LogP contribution is -2.12. The van der Waals surface area contributed by atoms with E-state index in [0.717, 1.165) is 29.7 Å². The third-order valence-corrected chi connectivity index (χ3v) is 3.90. The van der Waals surface area contributed by atoms with Crippen LogP contribution in [0.15, 0.2) is 42.5 Å². The Labute approximate surface area is 125 Å². The minimum absolute atomic E-state index is 0.190. The molecule has 0 spiro atoms. The van der Waals surface area contributed by atoms with Crippen molar-refractivity contribution in [1.29, 1.82) is 0 Å². The molecule has 0 bridgehead atoms. The first-order chi connectivity index (χ1) is 10.2. The molecule has 0 radical (unpaired) electrons. The van der Waals surface area contributed by atoms with Crippen molar-refractivity contribution in [3.05, 3.63) is 53.8 Å². The molecule has 1 unspecified atom stereocenters. The van der Waals surface area contributed by atoms with Crippen molar-refractivity contribution in [2.75, 3.05) is 7.05 Å². The number of ether oxygens (including phenoxy) is 1. The molecule has 0 aromatic heterocycles. The van der Waals surface area contributed by atoms with Crippen molar-refractivity contribution in [2.24, 2.45) is 0 Å². The third kappa shape index (κ3) is 3.24. The minimum Gasteiger partial charge on any atom is -0.490 e. The molecule has 2 aromatic carbocycles. The van der Waals surface area contributed by atoms with Crippen molar-refractivity contribution < 1.29 is 9.13 Å². The van der Waals surface area contributed by atoms with Gasteiger partial charge in [-0.15, -0.1) is 0 Å². The maximum Gasteiger partial charge on any atom is 0.131 e. The van der Waals surface area contributed by atoms with Crippen LogP contribution in [0.25, 0.3) is 11.1 Å². The molecular formula is C18H20FNO. The summed E-state index contributed by atoms with van der Waals surface area (Å²) in [6.07, 6.45) is 2.59. The maximum atomic E-state index is 14.2. The summed E-state index contributed by atoms with van der Waals surface area (Å²) in [7, 11) is 1.90. The Kier molecular flexibility index (Phi) is 3.93. The van der Waals surface area contributed by atoms with Crippen LogP contribution in [0, 0.1) is 5.82 Å². The summed E-state index contributed by atoms with van der Waals surface area (Å²) < 4.78 is 20.0. The molecule has 0 amide bonds. The van der Waals surface area contributed by atoms with Gasteiger partial charge in [0.05, 0.1) is 6.10 Å². The zero-order chi connectivity index (χ0) is 14.8. The van der Waals surface area contributed by atoms with Gasteiger partial charge in [-0.3, -0.25) is 0 Å². The van der Waals surface area contributed by atoms with Gasteiger partial charge in [0.1, 0.15) is 11.6 Å².